The molecular weight excluding hydrogens is 284 g/mol. The highest BCUT2D eigenvalue weighted by Gasteiger charge is 2.03. The Bertz CT molecular complexity index is 809. The van der Waals surface area contributed by atoms with Crippen molar-refractivity contribution >= 4 is 12.2 Å². The van der Waals surface area contributed by atoms with Crippen molar-refractivity contribution in [2.75, 3.05) is 7.11 Å². The van der Waals surface area contributed by atoms with Gasteiger partial charge in [0.05, 0.1) is 18.5 Å². The minimum atomic E-state index is 0.871. The number of hydrogen-bond acceptors (Lipinski definition) is 3. The predicted molar refractivity (Wildman–Crippen MR) is 94.1 cm³/mol. The van der Waals surface area contributed by atoms with Gasteiger partial charge in [0.25, 0.3) is 0 Å². The van der Waals surface area contributed by atoms with E-state index in [9.17, 15) is 0 Å². The third-order valence-electron chi connectivity index (χ3n) is 3.62. The average Bonchev–Trinajstić information content (AvgIpc) is 2.61. The Morgan fingerprint density at radius 1 is 0.870 bits per heavy atom. The molecule has 0 saturated heterocycles. The molecule has 3 aromatic rings. The van der Waals surface area contributed by atoms with Crippen LogP contribution in [-0.4, -0.2) is 17.1 Å². The largest absolute Gasteiger partial charge is 0.496 e. The first-order valence-corrected chi connectivity index (χ1v) is 7.47. The maximum atomic E-state index is 5.47. The van der Waals surface area contributed by atoms with Gasteiger partial charge in [-0.15, -0.1) is 0 Å². The van der Waals surface area contributed by atoms with Crippen LogP contribution in [0.25, 0.3) is 23.5 Å². The first kappa shape index (κ1) is 15.0. The molecule has 1 aromatic carbocycles. The van der Waals surface area contributed by atoms with Crippen LogP contribution in [0.4, 0.5) is 0 Å². The molecule has 0 atom stereocenters. The van der Waals surface area contributed by atoms with Gasteiger partial charge in [0.2, 0.25) is 0 Å². The van der Waals surface area contributed by atoms with Gasteiger partial charge in [-0.2, -0.15) is 0 Å². The van der Waals surface area contributed by atoms with Gasteiger partial charge in [0, 0.05) is 18.0 Å². The van der Waals surface area contributed by atoms with Crippen molar-refractivity contribution in [1.29, 1.82) is 0 Å². The van der Waals surface area contributed by atoms with Crippen molar-refractivity contribution in [3.63, 3.8) is 0 Å². The summed E-state index contributed by atoms with van der Waals surface area (Å²) in [5.41, 5.74) is 4.96. The lowest BCUT2D eigenvalue weighted by Gasteiger charge is -2.07. The second-order valence-electron chi connectivity index (χ2n) is 5.22. The highest BCUT2D eigenvalue weighted by molar-refractivity contribution is 5.73. The zero-order valence-electron chi connectivity index (χ0n) is 13.2. The summed E-state index contributed by atoms with van der Waals surface area (Å²) >= 11 is 0. The van der Waals surface area contributed by atoms with Crippen molar-refractivity contribution in [3.05, 3.63) is 77.6 Å². The highest BCUT2D eigenvalue weighted by Crippen LogP contribution is 2.25. The van der Waals surface area contributed by atoms with Gasteiger partial charge in [-0.3, -0.25) is 9.97 Å². The Kier molecular flexibility index (Phi) is 4.48. The van der Waals surface area contributed by atoms with E-state index in [2.05, 4.69) is 9.97 Å². The van der Waals surface area contributed by atoms with E-state index in [1.54, 1.807) is 13.3 Å². The van der Waals surface area contributed by atoms with Crippen molar-refractivity contribution in [3.8, 4) is 17.1 Å². The summed E-state index contributed by atoms with van der Waals surface area (Å²) in [4.78, 5) is 8.78. The molecule has 0 bridgehead atoms. The van der Waals surface area contributed by atoms with Crippen LogP contribution < -0.4 is 4.74 Å². The second-order valence-corrected chi connectivity index (χ2v) is 5.22. The van der Waals surface area contributed by atoms with E-state index in [4.69, 9.17) is 4.74 Å². The van der Waals surface area contributed by atoms with Crippen LogP contribution in [0.2, 0.25) is 0 Å². The van der Waals surface area contributed by atoms with E-state index < -0.39 is 0 Å². The standard InChI is InChI=1S/C20H18N2O/c1-15-6-5-7-17(20(15)23-2)11-9-16-10-12-19(22-14-16)18-8-3-4-13-21-18/h3-14H,1-2H3/b11-9-. The summed E-state index contributed by atoms with van der Waals surface area (Å²) in [6, 6.07) is 15.9. The predicted octanol–water partition coefficient (Wildman–Crippen LogP) is 4.63. The van der Waals surface area contributed by atoms with E-state index in [1.807, 2.05) is 73.8 Å². The Morgan fingerprint density at radius 2 is 1.74 bits per heavy atom. The molecule has 0 unspecified atom stereocenters. The highest BCUT2D eigenvalue weighted by atomic mass is 16.5. The monoisotopic (exact) mass is 302 g/mol. The van der Waals surface area contributed by atoms with Gasteiger partial charge < -0.3 is 4.74 Å². The Balaban J connectivity index is 1.83. The maximum absolute atomic E-state index is 5.47. The summed E-state index contributed by atoms with van der Waals surface area (Å²) in [6.45, 7) is 2.04. The molecule has 114 valence electrons. The van der Waals surface area contributed by atoms with Gasteiger partial charge >= 0.3 is 0 Å². The Hall–Kier alpha value is -2.94. The molecule has 0 N–H and O–H groups in total. The van der Waals surface area contributed by atoms with Crippen molar-refractivity contribution < 1.29 is 4.74 Å². The number of rotatable bonds is 4. The van der Waals surface area contributed by atoms with Crippen LogP contribution in [0, 0.1) is 6.92 Å². The molecule has 0 fully saturated rings. The summed E-state index contributed by atoms with van der Waals surface area (Å²) in [5, 5.41) is 0. The molecule has 23 heavy (non-hydrogen) atoms. The molecule has 0 amide bonds. The van der Waals surface area contributed by atoms with Gasteiger partial charge in [-0.05, 0) is 36.2 Å². The third-order valence-corrected chi connectivity index (χ3v) is 3.62. The number of pyridine rings is 2. The molecule has 3 rings (SSSR count). The molecule has 0 radical (unpaired) electrons. The van der Waals surface area contributed by atoms with Crippen LogP contribution in [0.15, 0.2) is 60.9 Å². The first-order valence-electron chi connectivity index (χ1n) is 7.47. The lowest BCUT2D eigenvalue weighted by atomic mass is 10.1. The molecule has 3 heteroatoms. The first-order chi connectivity index (χ1) is 11.3. The van der Waals surface area contributed by atoms with Crippen LogP contribution in [-0.2, 0) is 0 Å². The molecule has 0 saturated carbocycles. The van der Waals surface area contributed by atoms with E-state index in [-0.39, 0.29) is 0 Å². The number of aryl methyl sites for hydroxylation is 1. The molecule has 3 nitrogen and oxygen atoms in total. The fourth-order valence-corrected chi connectivity index (χ4v) is 2.44. The van der Waals surface area contributed by atoms with E-state index in [1.165, 1.54) is 0 Å². The second kappa shape index (κ2) is 6.88. The van der Waals surface area contributed by atoms with Crippen molar-refractivity contribution in [2.45, 2.75) is 6.92 Å². The summed E-state index contributed by atoms with van der Waals surface area (Å²) in [5.74, 6) is 0.904. The van der Waals surface area contributed by atoms with Gasteiger partial charge in [-0.1, -0.05) is 42.5 Å². The SMILES string of the molecule is COc1c(C)cccc1/C=C\c1ccc(-c2ccccn2)nc1. The Morgan fingerprint density at radius 3 is 2.43 bits per heavy atom. The number of ether oxygens (including phenoxy) is 1. The summed E-state index contributed by atoms with van der Waals surface area (Å²) in [6.07, 6.45) is 7.70. The topological polar surface area (TPSA) is 35.0 Å². The van der Waals surface area contributed by atoms with Gasteiger partial charge in [0.15, 0.2) is 0 Å². The molecule has 2 aromatic heterocycles. The lowest BCUT2D eigenvalue weighted by molar-refractivity contribution is 0.411. The van der Waals surface area contributed by atoms with Gasteiger partial charge in [-0.25, -0.2) is 0 Å². The summed E-state index contributed by atoms with van der Waals surface area (Å²) < 4.78 is 5.47. The quantitative estimate of drug-likeness (QED) is 0.704. The molecule has 2 heterocycles. The molecule has 0 aliphatic carbocycles. The van der Waals surface area contributed by atoms with Crippen LogP contribution in [0.1, 0.15) is 16.7 Å². The fourth-order valence-electron chi connectivity index (χ4n) is 2.44. The van der Waals surface area contributed by atoms with E-state index >= 15 is 0 Å². The normalized spacial score (nSPS) is 10.9. The molecule has 0 aliphatic rings. The van der Waals surface area contributed by atoms with E-state index in [0.29, 0.717) is 0 Å². The third kappa shape index (κ3) is 3.46. The molecule has 0 aliphatic heterocycles. The number of aromatic nitrogens is 2. The average molecular weight is 302 g/mol. The van der Waals surface area contributed by atoms with Crippen molar-refractivity contribution in [2.24, 2.45) is 0 Å². The van der Waals surface area contributed by atoms with Crippen LogP contribution in [0.3, 0.4) is 0 Å². The molecular formula is C20H18N2O. The number of methoxy groups -OCH3 is 1. The minimum Gasteiger partial charge on any atom is -0.496 e. The fraction of sp³-hybridized carbons (Fsp3) is 0.100. The number of hydrogen-bond donors (Lipinski definition) is 0. The zero-order chi connectivity index (χ0) is 16.1. The number of para-hydroxylation sites is 1. The summed E-state index contributed by atoms with van der Waals surface area (Å²) in [7, 11) is 1.70. The lowest BCUT2D eigenvalue weighted by Crippen LogP contribution is -1.90. The minimum absolute atomic E-state index is 0.871. The Labute approximate surface area is 136 Å². The van der Waals surface area contributed by atoms with E-state index in [0.717, 1.165) is 33.8 Å². The number of benzene rings is 1. The van der Waals surface area contributed by atoms with Crippen LogP contribution in [0.5, 0.6) is 5.75 Å². The number of nitrogens with zero attached hydrogens (tertiary/aromatic N) is 2. The smallest absolute Gasteiger partial charge is 0.128 e. The van der Waals surface area contributed by atoms with Gasteiger partial charge in [0.1, 0.15) is 5.75 Å². The maximum Gasteiger partial charge on any atom is 0.128 e. The zero-order valence-corrected chi connectivity index (χ0v) is 13.2. The molecule has 0 spiro atoms. The van der Waals surface area contributed by atoms with Crippen LogP contribution >= 0.6 is 0 Å². The van der Waals surface area contributed by atoms with Crippen molar-refractivity contribution in [1.82, 2.24) is 9.97 Å².